The first kappa shape index (κ1) is 34.8. The van der Waals surface area contributed by atoms with Gasteiger partial charge < -0.3 is 0 Å². The van der Waals surface area contributed by atoms with Crippen LogP contribution in [0, 0.1) is 0 Å². The minimum absolute atomic E-state index is 0.0958. The number of fused-ring (bicyclic) bond motifs is 6. The molecule has 1 heterocycles. The van der Waals surface area contributed by atoms with Gasteiger partial charge in [0.1, 0.15) is 0 Å². The molecule has 1 aromatic heterocycles. The van der Waals surface area contributed by atoms with E-state index in [0.717, 1.165) is 33.5 Å². The zero-order valence-corrected chi connectivity index (χ0v) is 33.0. The summed E-state index contributed by atoms with van der Waals surface area (Å²) < 4.78 is 0. The van der Waals surface area contributed by atoms with E-state index in [2.05, 4.69) is 196 Å². The van der Waals surface area contributed by atoms with E-state index in [1.165, 1.54) is 71.8 Å². The van der Waals surface area contributed by atoms with Gasteiger partial charge in [-0.15, -0.1) is 0 Å². The van der Waals surface area contributed by atoms with Crippen molar-refractivity contribution >= 4 is 21.5 Å². The molecule has 0 unspecified atom stereocenters. The summed E-state index contributed by atoms with van der Waals surface area (Å²) in [5, 5.41) is 4.99. The normalized spacial score (nSPS) is 12.7. The molecule has 0 fully saturated rings. The zero-order valence-electron chi connectivity index (χ0n) is 33.0. The van der Waals surface area contributed by atoms with Crippen LogP contribution >= 0.6 is 0 Å². The molecule has 278 valence electrons. The molecule has 0 bridgehead atoms. The van der Waals surface area contributed by atoms with Gasteiger partial charge in [0.15, 0.2) is 5.82 Å². The van der Waals surface area contributed by atoms with Crippen LogP contribution < -0.4 is 0 Å². The average Bonchev–Trinajstić information content (AvgIpc) is 3.54. The lowest BCUT2D eigenvalue weighted by molar-refractivity contribution is 0.666. The van der Waals surface area contributed by atoms with Crippen molar-refractivity contribution in [1.82, 2.24) is 9.97 Å². The number of nitrogens with zero attached hydrogens (tertiary/aromatic N) is 2. The van der Waals surface area contributed by atoms with E-state index in [-0.39, 0.29) is 5.41 Å². The van der Waals surface area contributed by atoms with Gasteiger partial charge >= 0.3 is 0 Å². The summed E-state index contributed by atoms with van der Waals surface area (Å²) in [6.45, 7) is 4.75. The smallest absolute Gasteiger partial charge is 0.160 e. The molecule has 0 saturated carbocycles. The number of hydrogen-bond donors (Lipinski definition) is 0. The van der Waals surface area contributed by atoms with Gasteiger partial charge in [-0.3, -0.25) is 0 Å². The van der Waals surface area contributed by atoms with E-state index in [4.69, 9.17) is 9.97 Å². The van der Waals surface area contributed by atoms with Gasteiger partial charge in [0, 0.05) is 22.1 Å². The lowest BCUT2D eigenvalue weighted by Crippen LogP contribution is -2.15. The van der Waals surface area contributed by atoms with Crippen molar-refractivity contribution in [3.05, 3.63) is 217 Å². The minimum Gasteiger partial charge on any atom is -0.228 e. The van der Waals surface area contributed by atoms with Gasteiger partial charge in [-0.2, -0.15) is 0 Å². The second-order valence-electron chi connectivity index (χ2n) is 16.1. The van der Waals surface area contributed by atoms with Crippen molar-refractivity contribution in [2.45, 2.75) is 19.3 Å². The summed E-state index contributed by atoms with van der Waals surface area (Å²) in [4.78, 5) is 10.3. The van der Waals surface area contributed by atoms with Crippen LogP contribution in [0.5, 0.6) is 0 Å². The Balaban J connectivity index is 0.957. The van der Waals surface area contributed by atoms with Crippen molar-refractivity contribution in [2.75, 3.05) is 0 Å². The Morgan fingerprint density at radius 2 is 0.814 bits per heavy atom. The van der Waals surface area contributed by atoms with Crippen molar-refractivity contribution in [3.8, 4) is 78.4 Å². The van der Waals surface area contributed by atoms with Gasteiger partial charge in [0.2, 0.25) is 0 Å². The van der Waals surface area contributed by atoms with Crippen LogP contribution in [-0.4, -0.2) is 9.97 Å². The standard InChI is InChI=1S/C57H40N2/c1-57(2)52-35-44(30-31-49(52)51-32-29-40-15-9-10-18-46(40)55(51)57)39-21-25-41(26-22-39)45-33-34-50(48-20-12-11-19-47(45)48)54-36-53(58-56(59-54)43-16-7-4-8-17-43)42-27-23-38(24-28-42)37-13-5-3-6-14-37/h3-36H,1-2H3. The first-order valence-electron chi connectivity index (χ1n) is 20.4. The molecule has 10 aromatic rings. The molecule has 0 aliphatic heterocycles. The molecule has 9 aromatic carbocycles. The third kappa shape index (κ3) is 5.96. The number of benzene rings is 9. The molecule has 0 amide bonds. The molecule has 0 N–H and O–H groups in total. The Hall–Kier alpha value is -7.42. The molecule has 1 aliphatic carbocycles. The summed E-state index contributed by atoms with van der Waals surface area (Å²) in [5.74, 6) is 0.709. The highest BCUT2D eigenvalue weighted by Gasteiger charge is 2.37. The molecule has 11 rings (SSSR count). The van der Waals surface area contributed by atoms with Crippen molar-refractivity contribution in [3.63, 3.8) is 0 Å². The number of hydrogen-bond acceptors (Lipinski definition) is 2. The van der Waals surface area contributed by atoms with E-state index in [1.54, 1.807) is 0 Å². The van der Waals surface area contributed by atoms with E-state index in [9.17, 15) is 0 Å². The third-order valence-corrected chi connectivity index (χ3v) is 12.3. The summed E-state index contributed by atoms with van der Waals surface area (Å²) in [7, 11) is 0. The maximum absolute atomic E-state index is 5.21. The maximum Gasteiger partial charge on any atom is 0.160 e. The Kier molecular flexibility index (Phi) is 8.20. The monoisotopic (exact) mass is 752 g/mol. The third-order valence-electron chi connectivity index (χ3n) is 12.3. The van der Waals surface area contributed by atoms with Crippen molar-refractivity contribution < 1.29 is 0 Å². The van der Waals surface area contributed by atoms with E-state index >= 15 is 0 Å². The quantitative estimate of drug-likeness (QED) is 0.169. The lowest BCUT2D eigenvalue weighted by atomic mass is 9.79. The van der Waals surface area contributed by atoms with E-state index < -0.39 is 0 Å². The van der Waals surface area contributed by atoms with Crippen LogP contribution in [0.15, 0.2) is 206 Å². The molecule has 0 atom stereocenters. The lowest BCUT2D eigenvalue weighted by Gasteiger charge is -2.23. The zero-order chi connectivity index (χ0) is 39.5. The van der Waals surface area contributed by atoms with Crippen LogP contribution in [0.1, 0.15) is 25.0 Å². The fourth-order valence-corrected chi connectivity index (χ4v) is 9.31. The van der Waals surface area contributed by atoms with Crippen LogP contribution in [0.2, 0.25) is 0 Å². The summed E-state index contributed by atoms with van der Waals surface area (Å²) in [6.07, 6.45) is 0. The summed E-state index contributed by atoms with van der Waals surface area (Å²) in [5.41, 5.74) is 17.5. The van der Waals surface area contributed by atoms with Crippen molar-refractivity contribution in [2.24, 2.45) is 0 Å². The Bertz CT molecular complexity index is 3200. The first-order chi connectivity index (χ1) is 29.0. The molecule has 2 heteroatoms. The predicted molar refractivity (Wildman–Crippen MR) is 247 cm³/mol. The molecule has 0 radical (unpaired) electrons. The van der Waals surface area contributed by atoms with E-state index in [1.807, 2.05) is 24.3 Å². The molecular formula is C57H40N2. The highest BCUT2D eigenvalue weighted by Crippen LogP contribution is 2.52. The van der Waals surface area contributed by atoms with Gasteiger partial charge in [-0.05, 0) is 89.3 Å². The fraction of sp³-hybridized carbons (Fsp3) is 0.0526. The van der Waals surface area contributed by atoms with Crippen molar-refractivity contribution in [1.29, 1.82) is 0 Å². The second-order valence-corrected chi connectivity index (χ2v) is 16.1. The molecular weight excluding hydrogens is 713 g/mol. The largest absolute Gasteiger partial charge is 0.228 e. The number of aromatic nitrogens is 2. The van der Waals surface area contributed by atoms with Gasteiger partial charge in [-0.25, -0.2) is 9.97 Å². The van der Waals surface area contributed by atoms with Crippen LogP contribution in [-0.2, 0) is 5.41 Å². The van der Waals surface area contributed by atoms with Gasteiger partial charge in [-0.1, -0.05) is 208 Å². The minimum atomic E-state index is -0.0958. The van der Waals surface area contributed by atoms with Gasteiger partial charge in [0.05, 0.1) is 11.4 Å². The predicted octanol–water partition coefficient (Wildman–Crippen LogP) is 15.1. The SMILES string of the molecule is CC1(C)c2cc(-c3ccc(-c4ccc(-c5cc(-c6ccc(-c7ccccc7)cc6)nc(-c6ccccc6)n5)c5ccccc45)cc3)ccc2-c2ccc3ccccc3c21. The molecule has 1 aliphatic rings. The summed E-state index contributed by atoms with van der Waals surface area (Å²) >= 11 is 0. The highest BCUT2D eigenvalue weighted by molar-refractivity contribution is 6.05. The first-order valence-corrected chi connectivity index (χ1v) is 20.4. The second kappa shape index (κ2) is 13.9. The van der Waals surface area contributed by atoms with Crippen LogP contribution in [0.4, 0.5) is 0 Å². The van der Waals surface area contributed by atoms with Crippen LogP contribution in [0.3, 0.4) is 0 Å². The van der Waals surface area contributed by atoms with Crippen LogP contribution in [0.25, 0.3) is 100.0 Å². The molecule has 0 spiro atoms. The maximum atomic E-state index is 5.21. The van der Waals surface area contributed by atoms with E-state index in [0.29, 0.717) is 5.82 Å². The molecule has 0 saturated heterocycles. The fourth-order valence-electron chi connectivity index (χ4n) is 9.31. The number of rotatable bonds is 6. The molecule has 59 heavy (non-hydrogen) atoms. The Labute approximate surface area is 345 Å². The Morgan fingerprint density at radius 1 is 0.322 bits per heavy atom. The Morgan fingerprint density at radius 3 is 1.54 bits per heavy atom. The molecule has 2 nitrogen and oxygen atoms in total. The summed E-state index contributed by atoms with van der Waals surface area (Å²) in [6, 6.07) is 74.3. The topological polar surface area (TPSA) is 25.8 Å². The average molecular weight is 753 g/mol. The van der Waals surface area contributed by atoms with Gasteiger partial charge in [0.25, 0.3) is 0 Å². The highest BCUT2D eigenvalue weighted by atomic mass is 14.9.